The van der Waals surface area contributed by atoms with E-state index in [1.165, 1.54) is 50.3 Å². The number of hydrogen-bond donors (Lipinski definition) is 1. The Hall–Kier alpha value is -4.49. The molecule has 0 spiro atoms. The lowest BCUT2D eigenvalue weighted by Crippen LogP contribution is -2.21. The Bertz CT molecular complexity index is 1850. The number of imidazole rings is 1. The third kappa shape index (κ3) is 5.72. The highest BCUT2D eigenvalue weighted by molar-refractivity contribution is 7.22. The van der Waals surface area contributed by atoms with Gasteiger partial charge in [-0.05, 0) is 60.7 Å². The van der Waals surface area contributed by atoms with Crippen molar-refractivity contribution in [1.82, 2.24) is 14.5 Å². The fraction of sp³-hybridized carbons (Fsp3) is 0.270. The van der Waals surface area contributed by atoms with Crippen LogP contribution in [0.3, 0.4) is 0 Å². The first-order chi connectivity index (χ1) is 21.7. The monoisotopic (exact) mass is 600 g/mol. The van der Waals surface area contributed by atoms with E-state index in [9.17, 15) is 4.79 Å². The van der Waals surface area contributed by atoms with Crippen LogP contribution in [-0.2, 0) is 11.3 Å². The zero-order valence-corrected chi connectivity index (χ0v) is 25.7. The number of benzene rings is 4. The van der Waals surface area contributed by atoms with Gasteiger partial charge in [0.05, 0.1) is 33.9 Å². The van der Waals surface area contributed by atoms with Crippen molar-refractivity contribution in [3.05, 3.63) is 114 Å². The maximum atomic E-state index is 12.4. The molecule has 0 bridgehead atoms. The van der Waals surface area contributed by atoms with Gasteiger partial charge in [0.1, 0.15) is 5.82 Å². The zero-order chi connectivity index (χ0) is 29.9. The number of ether oxygens (including phenoxy) is 1. The number of aromatic nitrogens is 3. The van der Waals surface area contributed by atoms with Gasteiger partial charge in [-0.25, -0.2) is 14.8 Å². The number of aryl methyl sites for hydroxylation is 1. The van der Waals surface area contributed by atoms with Crippen LogP contribution in [0.2, 0.25) is 0 Å². The van der Waals surface area contributed by atoms with Crippen LogP contribution in [0.4, 0.5) is 5.13 Å². The Morgan fingerprint density at radius 1 is 0.886 bits per heavy atom. The fourth-order valence-corrected chi connectivity index (χ4v) is 7.62. The number of nitrogens with one attached hydrogen (secondary N) is 1. The van der Waals surface area contributed by atoms with Crippen LogP contribution in [0, 0.1) is 0 Å². The summed E-state index contributed by atoms with van der Waals surface area (Å²) >= 11 is 1.71. The molecule has 1 N–H and O–H groups in total. The van der Waals surface area contributed by atoms with E-state index >= 15 is 0 Å². The summed E-state index contributed by atoms with van der Waals surface area (Å²) < 4.78 is 8.46. The van der Waals surface area contributed by atoms with Gasteiger partial charge in [-0.15, -0.1) is 0 Å². The fourth-order valence-electron chi connectivity index (χ4n) is 6.57. The molecule has 6 nitrogen and oxygen atoms in total. The van der Waals surface area contributed by atoms with Gasteiger partial charge < -0.3 is 14.6 Å². The average molecular weight is 601 g/mol. The number of thiazole rings is 1. The van der Waals surface area contributed by atoms with Crippen LogP contribution < -0.4 is 5.32 Å². The van der Waals surface area contributed by atoms with Gasteiger partial charge in [0.2, 0.25) is 0 Å². The first-order valence-corrected chi connectivity index (χ1v) is 16.3. The maximum absolute atomic E-state index is 12.4. The summed E-state index contributed by atoms with van der Waals surface area (Å²) in [6.07, 6.45) is 7.16. The number of carbonyl (C=O) groups is 1. The Labute approximate surface area is 261 Å². The molecule has 0 amide bonds. The molecule has 2 aromatic heterocycles. The van der Waals surface area contributed by atoms with Crippen molar-refractivity contribution < 1.29 is 9.53 Å². The van der Waals surface area contributed by atoms with E-state index in [2.05, 4.69) is 88.7 Å². The molecule has 7 heteroatoms. The van der Waals surface area contributed by atoms with E-state index in [0.717, 1.165) is 50.7 Å². The van der Waals surface area contributed by atoms with E-state index in [0.29, 0.717) is 11.6 Å². The molecule has 4 aromatic carbocycles. The van der Waals surface area contributed by atoms with Gasteiger partial charge in [-0.1, -0.05) is 97.3 Å². The van der Waals surface area contributed by atoms with E-state index < -0.39 is 0 Å². The van der Waals surface area contributed by atoms with Crippen molar-refractivity contribution in [2.45, 2.75) is 57.0 Å². The predicted molar refractivity (Wildman–Crippen MR) is 180 cm³/mol. The van der Waals surface area contributed by atoms with Crippen molar-refractivity contribution in [3.8, 4) is 11.4 Å². The molecular formula is C37H36N4O2S. The van der Waals surface area contributed by atoms with E-state index in [1.807, 2.05) is 18.2 Å². The van der Waals surface area contributed by atoms with Crippen molar-refractivity contribution in [1.29, 1.82) is 0 Å². The quantitative estimate of drug-likeness (QED) is 0.168. The summed E-state index contributed by atoms with van der Waals surface area (Å²) in [5.74, 6) is 0.752. The molecule has 1 aliphatic rings. The predicted octanol–water partition coefficient (Wildman–Crippen LogP) is 9.07. The second kappa shape index (κ2) is 12.6. The molecular weight excluding hydrogens is 565 g/mol. The van der Waals surface area contributed by atoms with Crippen LogP contribution in [0.5, 0.6) is 0 Å². The molecule has 0 radical (unpaired) electrons. The van der Waals surface area contributed by atoms with Crippen molar-refractivity contribution in [2.24, 2.45) is 0 Å². The highest BCUT2D eigenvalue weighted by Gasteiger charge is 2.22. The van der Waals surface area contributed by atoms with Crippen molar-refractivity contribution >= 4 is 43.7 Å². The minimum absolute atomic E-state index is 0.225. The number of rotatable bonds is 9. The molecule has 7 rings (SSSR count). The summed E-state index contributed by atoms with van der Waals surface area (Å²) in [4.78, 5) is 22.6. The molecule has 6 aromatic rings. The second-order valence-corrected chi connectivity index (χ2v) is 12.6. The molecule has 0 aliphatic heterocycles. The summed E-state index contributed by atoms with van der Waals surface area (Å²) in [6.45, 7) is 0.750. The normalized spacial score (nSPS) is 14.0. The van der Waals surface area contributed by atoms with Gasteiger partial charge in [-0.2, -0.15) is 0 Å². The smallest absolute Gasteiger partial charge is 0.337 e. The topological polar surface area (TPSA) is 69.0 Å². The second-order valence-electron chi connectivity index (χ2n) is 11.6. The molecule has 222 valence electrons. The number of anilines is 1. The van der Waals surface area contributed by atoms with Crippen LogP contribution in [0.25, 0.3) is 32.6 Å². The molecule has 0 atom stereocenters. The first kappa shape index (κ1) is 28.3. The van der Waals surface area contributed by atoms with Crippen LogP contribution in [0.15, 0.2) is 97.1 Å². The lowest BCUT2D eigenvalue weighted by Gasteiger charge is -2.22. The number of nitrogens with zero attached hydrogens (tertiary/aromatic N) is 3. The van der Waals surface area contributed by atoms with E-state index in [-0.39, 0.29) is 11.9 Å². The Balaban J connectivity index is 1.31. The molecule has 1 fully saturated rings. The van der Waals surface area contributed by atoms with Crippen LogP contribution in [0.1, 0.15) is 65.9 Å². The highest BCUT2D eigenvalue weighted by Crippen LogP contribution is 2.38. The summed E-state index contributed by atoms with van der Waals surface area (Å²) in [5, 5.41) is 4.70. The van der Waals surface area contributed by atoms with Crippen molar-refractivity contribution in [2.75, 3.05) is 12.4 Å². The van der Waals surface area contributed by atoms with Gasteiger partial charge in [0.25, 0.3) is 0 Å². The number of hydrogen-bond acceptors (Lipinski definition) is 6. The van der Waals surface area contributed by atoms with Crippen LogP contribution >= 0.6 is 11.3 Å². The number of carbonyl (C=O) groups excluding carboxylic acids is 1. The van der Waals surface area contributed by atoms with Gasteiger partial charge in [0, 0.05) is 24.1 Å². The summed E-state index contributed by atoms with van der Waals surface area (Å²) in [5.41, 5.74) is 6.89. The zero-order valence-electron chi connectivity index (χ0n) is 24.9. The number of methoxy groups -OCH3 is 1. The van der Waals surface area contributed by atoms with Gasteiger partial charge in [0.15, 0.2) is 5.13 Å². The summed E-state index contributed by atoms with van der Waals surface area (Å²) in [7, 11) is 1.41. The Kier molecular flexibility index (Phi) is 8.12. The third-order valence-electron chi connectivity index (χ3n) is 8.80. The standard InChI is InChI=1S/C37H36N4O2S/c1-43-36(42)27-20-21-33-32(24-27)39-35(30-18-11-19-31-34(30)44-37(40-31)38-28-16-9-4-10-17-28)41(33)23-22-29(25-12-5-2-6-13-25)26-14-7-3-8-15-26/h2-3,5-8,11-15,18-21,24,28-29H,4,9-10,16-17,22-23H2,1H3,(H,38,40). The minimum atomic E-state index is -0.362. The molecule has 44 heavy (non-hydrogen) atoms. The lowest BCUT2D eigenvalue weighted by atomic mass is 9.88. The SMILES string of the molecule is COC(=O)c1ccc2c(c1)nc(-c1cccc3nc(NC4CCCCC4)sc13)n2CCC(c1ccccc1)c1ccccc1. The lowest BCUT2D eigenvalue weighted by molar-refractivity contribution is 0.0601. The van der Waals surface area contributed by atoms with Crippen molar-refractivity contribution in [3.63, 3.8) is 0 Å². The number of esters is 1. The van der Waals surface area contributed by atoms with Gasteiger partial charge in [-0.3, -0.25) is 0 Å². The van der Waals surface area contributed by atoms with E-state index in [4.69, 9.17) is 14.7 Å². The molecule has 2 heterocycles. The highest BCUT2D eigenvalue weighted by atomic mass is 32.1. The molecule has 0 saturated heterocycles. The molecule has 1 saturated carbocycles. The molecule has 1 aliphatic carbocycles. The Morgan fingerprint density at radius 2 is 1.61 bits per heavy atom. The Morgan fingerprint density at radius 3 is 2.32 bits per heavy atom. The largest absolute Gasteiger partial charge is 0.465 e. The maximum Gasteiger partial charge on any atom is 0.337 e. The van der Waals surface area contributed by atoms with Gasteiger partial charge >= 0.3 is 5.97 Å². The first-order valence-electron chi connectivity index (χ1n) is 15.5. The summed E-state index contributed by atoms with van der Waals surface area (Å²) in [6, 6.07) is 33.9. The molecule has 0 unspecified atom stereocenters. The van der Waals surface area contributed by atoms with E-state index in [1.54, 1.807) is 11.3 Å². The van der Waals surface area contributed by atoms with Crippen LogP contribution in [-0.4, -0.2) is 33.7 Å². The number of fused-ring (bicyclic) bond motifs is 2. The average Bonchev–Trinajstić information content (AvgIpc) is 3.66. The third-order valence-corrected chi connectivity index (χ3v) is 9.84. The minimum Gasteiger partial charge on any atom is -0.465 e.